The van der Waals surface area contributed by atoms with Gasteiger partial charge in [0.05, 0.1) is 0 Å². The molecule has 0 heterocycles. The predicted molar refractivity (Wildman–Crippen MR) is 75.4 cm³/mol. The van der Waals surface area contributed by atoms with Crippen LogP contribution in [0.5, 0.6) is 0 Å². The Labute approximate surface area is 110 Å². The number of carbonyl (C=O) groups is 1. The van der Waals surface area contributed by atoms with Crippen molar-refractivity contribution in [3.8, 4) is 0 Å². The molecule has 1 aromatic carbocycles. The molecule has 3 heteroatoms. The van der Waals surface area contributed by atoms with Gasteiger partial charge >= 0.3 is 0 Å². The summed E-state index contributed by atoms with van der Waals surface area (Å²) >= 11 is 0. The van der Waals surface area contributed by atoms with Gasteiger partial charge in [-0.3, -0.25) is 4.79 Å². The maximum atomic E-state index is 11.8. The van der Waals surface area contributed by atoms with E-state index in [-0.39, 0.29) is 18.0 Å². The largest absolute Gasteiger partial charge is 0.354 e. The third-order valence-electron chi connectivity index (χ3n) is 3.02. The van der Waals surface area contributed by atoms with Crippen molar-refractivity contribution in [2.45, 2.75) is 52.1 Å². The molecular weight excluding hydrogens is 224 g/mol. The lowest BCUT2D eigenvalue weighted by molar-refractivity contribution is -0.121. The highest BCUT2D eigenvalue weighted by Gasteiger charge is 2.09. The standard InChI is InChI=1S/C15H24N2O/c1-11-6-4-5-7-14(11)8-9-15(18)17-13(3)10-12(2)16/h4-7,12-13H,8-10,16H2,1-3H3,(H,17,18). The smallest absolute Gasteiger partial charge is 0.220 e. The van der Waals surface area contributed by atoms with Crippen molar-refractivity contribution in [3.63, 3.8) is 0 Å². The number of rotatable bonds is 6. The Bertz CT molecular complexity index is 388. The van der Waals surface area contributed by atoms with E-state index >= 15 is 0 Å². The summed E-state index contributed by atoms with van der Waals surface area (Å²) in [5, 5.41) is 2.98. The van der Waals surface area contributed by atoms with Crippen molar-refractivity contribution in [2.24, 2.45) is 5.73 Å². The molecule has 0 fully saturated rings. The second-order valence-corrected chi connectivity index (χ2v) is 5.11. The van der Waals surface area contributed by atoms with E-state index in [0.717, 1.165) is 12.8 Å². The van der Waals surface area contributed by atoms with Crippen LogP contribution in [0.3, 0.4) is 0 Å². The minimum atomic E-state index is 0.103. The first kappa shape index (κ1) is 14.7. The average Bonchev–Trinajstić information content (AvgIpc) is 2.26. The molecule has 3 nitrogen and oxygen atoms in total. The van der Waals surface area contributed by atoms with Crippen LogP contribution in [0.15, 0.2) is 24.3 Å². The second-order valence-electron chi connectivity index (χ2n) is 5.11. The summed E-state index contributed by atoms with van der Waals surface area (Å²) < 4.78 is 0. The summed E-state index contributed by atoms with van der Waals surface area (Å²) in [6, 6.07) is 8.45. The van der Waals surface area contributed by atoms with Crippen LogP contribution in [0.2, 0.25) is 0 Å². The van der Waals surface area contributed by atoms with E-state index in [1.54, 1.807) is 0 Å². The molecule has 0 spiro atoms. The summed E-state index contributed by atoms with van der Waals surface area (Å²) in [5.74, 6) is 0.103. The molecule has 1 aromatic rings. The van der Waals surface area contributed by atoms with E-state index in [4.69, 9.17) is 5.73 Å². The molecule has 0 radical (unpaired) electrons. The Morgan fingerprint density at radius 1 is 1.33 bits per heavy atom. The van der Waals surface area contributed by atoms with Crippen molar-refractivity contribution in [2.75, 3.05) is 0 Å². The van der Waals surface area contributed by atoms with Gasteiger partial charge in [-0.2, -0.15) is 0 Å². The van der Waals surface area contributed by atoms with Gasteiger partial charge < -0.3 is 11.1 Å². The first-order valence-corrected chi connectivity index (χ1v) is 6.58. The minimum Gasteiger partial charge on any atom is -0.354 e. The number of carbonyl (C=O) groups excluding carboxylic acids is 1. The summed E-state index contributed by atoms with van der Waals surface area (Å²) in [7, 11) is 0. The number of amides is 1. The van der Waals surface area contributed by atoms with E-state index in [2.05, 4.69) is 24.4 Å². The van der Waals surface area contributed by atoms with E-state index in [1.165, 1.54) is 11.1 Å². The van der Waals surface area contributed by atoms with Gasteiger partial charge in [0.1, 0.15) is 0 Å². The molecule has 0 saturated heterocycles. The van der Waals surface area contributed by atoms with Crippen molar-refractivity contribution >= 4 is 5.91 Å². The maximum Gasteiger partial charge on any atom is 0.220 e. The monoisotopic (exact) mass is 248 g/mol. The zero-order valence-electron chi connectivity index (χ0n) is 11.6. The number of aryl methyl sites for hydroxylation is 2. The van der Waals surface area contributed by atoms with E-state index in [9.17, 15) is 4.79 Å². The molecule has 3 N–H and O–H groups in total. The van der Waals surface area contributed by atoms with Gasteiger partial charge in [-0.05, 0) is 44.7 Å². The Balaban J connectivity index is 2.35. The Hall–Kier alpha value is -1.35. The number of hydrogen-bond acceptors (Lipinski definition) is 2. The van der Waals surface area contributed by atoms with E-state index in [1.807, 2.05) is 26.0 Å². The van der Waals surface area contributed by atoms with Gasteiger partial charge in [0.15, 0.2) is 0 Å². The van der Waals surface area contributed by atoms with Crippen LogP contribution in [0.4, 0.5) is 0 Å². The molecule has 0 aromatic heterocycles. The Morgan fingerprint density at radius 2 is 2.00 bits per heavy atom. The lowest BCUT2D eigenvalue weighted by Crippen LogP contribution is -2.36. The molecule has 1 amide bonds. The van der Waals surface area contributed by atoms with Gasteiger partial charge in [-0.1, -0.05) is 24.3 Å². The maximum absolute atomic E-state index is 11.8. The molecule has 0 aliphatic rings. The molecule has 18 heavy (non-hydrogen) atoms. The lowest BCUT2D eigenvalue weighted by atomic mass is 10.0. The van der Waals surface area contributed by atoms with Crippen LogP contribution in [-0.2, 0) is 11.2 Å². The number of nitrogens with one attached hydrogen (secondary N) is 1. The van der Waals surface area contributed by atoms with Crippen molar-refractivity contribution in [1.29, 1.82) is 0 Å². The number of hydrogen-bond donors (Lipinski definition) is 2. The summed E-state index contributed by atoms with van der Waals surface area (Å²) in [6.45, 7) is 6.02. The molecule has 0 saturated carbocycles. The van der Waals surface area contributed by atoms with Crippen LogP contribution >= 0.6 is 0 Å². The summed E-state index contributed by atoms with van der Waals surface area (Å²) in [4.78, 5) is 11.8. The van der Waals surface area contributed by atoms with Crippen LogP contribution in [0.25, 0.3) is 0 Å². The van der Waals surface area contributed by atoms with Crippen LogP contribution in [-0.4, -0.2) is 18.0 Å². The fraction of sp³-hybridized carbons (Fsp3) is 0.533. The van der Waals surface area contributed by atoms with E-state index < -0.39 is 0 Å². The highest BCUT2D eigenvalue weighted by Crippen LogP contribution is 2.09. The molecule has 0 aliphatic carbocycles. The number of nitrogens with two attached hydrogens (primary N) is 1. The van der Waals surface area contributed by atoms with Gasteiger partial charge in [0.2, 0.25) is 5.91 Å². The summed E-state index contributed by atoms with van der Waals surface area (Å²) in [5.41, 5.74) is 8.19. The molecule has 0 bridgehead atoms. The van der Waals surface area contributed by atoms with Gasteiger partial charge in [-0.15, -0.1) is 0 Å². The quantitative estimate of drug-likeness (QED) is 0.810. The second kappa shape index (κ2) is 7.17. The third kappa shape index (κ3) is 5.32. The minimum absolute atomic E-state index is 0.103. The fourth-order valence-electron chi connectivity index (χ4n) is 2.10. The van der Waals surface area contributed by atoms with Gasteiger partial charge in [0, 0.05) is 18.5 Å². The van der Waals surface area contributed by atoms with Crippen LogP contribution in [0.1, 0.15) is 37.8 Å². The average molecular weight is 248 g/mol. The van der Waals surface area contributed by atoms with Gasteiger partial charge in [-0.25, -0.2) is 0 Å². The lowest BCUT2D eigenvalue weighted by Gasteiger charge is -2.16. The van der Waals surface area contributed by atoms with Crippen molar-refractivity contribution < 1.29 is 4.79 Å². The molecule has 2 unspecified atom stereocenters. The normalized spacial score (nSPS) is 14.0. The first-order valence-electron chi connectivity index (χ1n) is 6.58. The molecule has 0 aliphatic heterocycles. The highest BCUT2D eigenvalue weighted by molar-refractivity contribution is 5.76. The molecule has 100 valence electrons. The van der Waals surface area contributed by atoms with Crippen LogP contribution < -0.4 is 11.1 Å². The topological polar surface area (TPSA) is 55.1 Å². The fourth-order valence-corrected chi connectivity index (χ4v) is 2.10. The predicted octanol–water partition coefficient (Wildman–Crippen LogP) is 2.17. The highest BCUT2D eigenvalue weighted by atomic mass is 16.1. The Kier molecular flexibility index (Phi) is 5.86. The van der Waals surface area contributed by atoms with Crippen molar-refractivity contribution in [1.82, 2.24) is 5.32 Å². The summed E-state index contributed by atoms with van der Waals surface area (Å²) in [6.07, 6.45) is 2.15. The zero-order chi connectivity index (χ0) is 13.5. The first-order chi connectivity index (χ1) is 8.49. The number of benzene rings is 1. The molecule has 2 atom stereocenters. The van der Waals surface area contributed by atoms with Crippen LogP contribution in [0, 0.1) is 6.92 Å². The molecular formula is C15H24N2O. The third-order valence-corrected chi connectivity index (χ3v) is 3.02. The molecule has 1 rings (SSSR count). The SMILES string of the molecule is Cc1ccccc1CCC(=O)NC(C)CC(C)N. The Morgan fingerprint density at radius 3 is 2.61 bits per heavy atom. The van der Waals surface area contributed by atoms with E-state index in [0.29, 0.717) is 6.42 Å². The zero-order valence-corrected chi connectivity index (χ0v) is 11.6. The van der Waals surface area contributed by atoms with Crippen molar-refractivity contribution in [3.05, 3.63) is 35.4 Å². The van der Waals surface area contributed by atoms with Gasteiger partial charge in [0.25, 0.3) is 0 Å².